The molecule has 0 spiro atoms. The monoisotopic (exact) mass is 739 g/mol. The van der Waals surface area contributed by atoms with Gasteiger partial charge in [0.15, 0.2) is 5.76 Å². The van der Waals surface area contributed by atoms with Gasteiger partial charge in [-0.1, -0.05) is 67.7 Å². The highest BCUT2D eigenvalue weighted by Crippen LogP contribution is 2.33. The Morgan fingerprint density at radius 1 is 0.950 bits per heavy atom. The number of furan rings is 1. The quantitative estimate of drug-likeness (QED) is 0.160. The van der Waals surface area contributed by atoms with E-state index < -0.39 is 0 Å². The van der Waals surface area contributed by atoms with Crippen LogP contribution < -0.4 is 10.3 Å². The van der Waals surface area contributed by atoms with Crippen molar-refractivity contribution >= 4 is 87.5 Å². The topological polar surface area (TPSA) is 69.6 Å². The van der Waals surface area contributed by atoms with Gasteiger partial charge in [0.2, 0.25) is 5.82 Å². The van der Waals surface area contributed by atoms with Crippen LogP contribution in [0, 0.1) is 0 Å². The smallest absolute Gasteiger partial charge is 0.282 e. The number of ether oxygens (including phenoxy) is 1. The molecule has 6 nitrogen and oxygen atoms in total. The van der Waals surface area contributed by atoms with Gasteiger partial charge in [0, 0.05) is 24.9 Å². The number of nitrogens with zero attached hydrogens (tertiary/aromatic N) is 3. The van der Waals surface area contributed by atoms with Crippen LogP contribution in [0.15, 0.2) is 113 Å². The average molecular weight is 743 g/mol. The molecule has 0 aliphatic heterocycles. The SMILES string of the molecule is O=c1c2ccccc2nc(-c2cc3cc(Br)ccc3o2)n1N=Cc1cc(Cl)cc(Br)c1OCc1ccc(Br)cc1. The number of hydrogen-bond acceptors (Lipinski definition) is 5. The Balaban J connectivity index is 1.46. The van der Waals surface area contributed by atoms with Crippen LogP contribution in [0.3, 0.4) is 0 Å². The number of hydrogen-bond donors (Lipinski definition) is 0. The first-order chi connectivity index (χ1) is 19.4. The Labute approximate surface area is 258 Å². The number of rotatable bonds is 6. The molecule has 0 saturated carbocycles. The molecule has 0 unspecified atom stereocenters. The van der Waals surface area contributed by atoms with Crippen LogP contribution in [-0.4, -0.2) is 15.9 Å². The zero-order chi connectivity index (χ0) is 27.8. The molecule has 0 N–H and O–H groups in total. The van der Waals surface area contributed by atoms with Crippen molar-refractivity contribution in [2.75, 3.05) is 0 Å². The highest BCUT2D eigenvalue weighted by atomic mass is 79.9. The summed E-state index contributed by atoms with van der Waals surface area (Å²) in [6.45, 7) is 0.325. The van der Waals surface area contributed by atoms with E-state index in [2.05, 4.69) is 52.9 Å². The second-order valence-electron chi connectivity index (χ2n) is 8.83. The molecule has 0 saturated heterocycles. The minimum atomic E-state index is -0.336. The van der Waals surface area contributed by atoms with Gasteiger partial charge in [-0.05, 0) is 82.2 Å². The zero-order valence-electron chi connectivity index (χ0n) is 20.4. The molecule has 4 aromatic carbocycles. The fourth-order valence-corrected chi connectivity index (χ4v) is 5.79. The summed E-state index contributed by atoms with van der Waals surface area (Å²) in [5.74, 6) is 1.21. The normalized spacial score (nSPS) is 11.6. The van der Waals surface area contributed by atoms with Gasteiger partial charge < -0.3 is 9.15 Å². The van der Waals surface area contributed by atoms with Gasteiger partial charge in [0.1, 0.15) is 17.9 Å². The van der Waals surface area contributed by atoms with Gasteiger partial charge in [0.05, 0.1) is 21.6 Å². The van der Waals surface area contributed by atoms with Gasteiger partial charge >= 0.3 is 0 Å². The van der Waals surface area contributed by atoms with Gasteiger partial charge in [0.25, 0.3) is 5.56 Å². The molecule has 0 amide bonds. The predicted octanol–water partition coefficient (Wildman–Crippen LogP) is 9.21. The Hall–Kier alpha value is -3.24. The minimum absolute atomic E-state index is 0.269. The molecule has 2 heterocycles. The van der Waals surface area contributed by atoms with Gasteiger partial charge in [-0.25, -0.2) is 4.98 Å². The largest absolute Gasteiger partial charge is 0.487 e. The summed E-state index contributed by atoms with van der Waals surface area (Å²) in [5, 5.41) is 6.36. The van der Waals surface area contributed by atoms with Crippen LogP contribution in [0.4, 0.5) is 0 Å². The van der Waals surface area contributed by atoms with Gasteiger partial charge in [-0.2, -0.15) is 9.78 Å². The first-order valence-corrected chi connectivity index (χ1v) is 14.7. The maximum atomic E-state index is 13.7. The average Bonchev–Trinajstić information content (AvgIpc) is 3.36. The molecule has 6 rings (SSSR count). The van der Waals surface area contributed by atoms with E-state index in [1.165, 1.54) is 10.9 Å². The molecule has 198 valence electrons. The van der Waals surface area contributed by atoms with Crippen LogP contribution in [0.25, 0.3) is 33.5 Å². The molecule has 0 atom stereocenters. The molecule has 10 heteroatoms. The van der Waals surface area contributed by atoms with Gasteiger partial charge in [-0.3, -0.25) is 4.79 Å². The number of aromatic nitrogens is 2. The van der Waals surface area contributed by atoms with E-state index in [9.17, 15) is 4.79 Å². The van der Waals surface area contributed by atoms with Crippen molar-refractivity contribution in [2.24, 2.45) is 5.10 Å². The summed E-state index contributed by atoms with van der Waals surface area (Å²) in [5.41, 5.74) is 2.44. The summed E-state index contributed by atoms with van der Waals surface area (Å²) in [6, 6.07) is 26.0. The van der Waals surface area contributed by atoms with Crippen LogP contribution in [0.5, 0.6) is 5.75 Å². The van der Waals surface area contributed by atoms with Crippen molar-refractivity contribution in [3.05, 3.63) is 125 Å². The second kappa shape index (κ2) is 11.3. The maximum absolute atomic E-state index is 13.7. The molecular formula is C30H17Br3ClN3O3. The van der Waals surface area contributed by atoms with Crippen molar-refractivity contribution < 1.29 is 9.15 Å². The summed E-state index contributed by atoms with van der Waals surface area (Å²) < 4.78 is 16.1. The molecule has 40 heavy (non-hydrogen) atoms. The van der Waals surface area contributed by atoms with Gasteiger partial charge in [-0.15, -0.1) is 0 Å². The Kier molecular flexibility index (Phi) is 7.63. The Bertz CT molecular complexity index is 1990. The first-order valence-electron chi connectivity index (χ1n) is 12.0. The van der Waals surface area contributed by atoms with E-state index in [1.54, 1.807) is 30.3 Å². The fraction of sp³-hybridized carbons (Fsp3) is 0.0333. The van der Waals surface area contributed by atoms with E-state index in [4.69, 9.17) is 25.7 Å². The van der Waals surface area contributed by atoms with E-state index in [1.807, 2.05) is 54.6 Å². The van der Waals surface area contributed by atoms with Crippen molar-refractivity contribution in [3.8, 4) is 17.3 Å². The molecule has 0 aliphatic carbocycles. The van der Waals surface area contributed by atoms with E-state index in [-0.39, 0.29) is 11.4 Å². The lowest BCUT2D eigenvalue weighted by Gasteiger charge is -2.12. The lowest BCUT2D eigenvalue weighted by molar-refractivity contribution is 0.304. The zero-order valence-corrected chi connectivity index (χ0v) is 26.0. The maximum Gasteiger partial charge on any atom is 0.282 e. The molecule has 6 aromatic rings. The molecule has 0 bridgehead atoms. The van der Waals surface area contributed by atoms with Crippen LogP contribution in [0.2, 0.25) is 5.02 Å². The molecule has 0 radical (unpaired) electrons. The van der Waals surface area contributed by atoms with Crippen molar-refractivity contribution in [2.45, 2.75) is 6.61 Å². The molecule has 0 fully saturated rings. The third-order valence-corrected chi connectivity index (χ3v) is 7.93. The number of benzene rings is 4. The van der Waals surface area contributed by atoms with E-state index in [0.717, 1.165) is 19.9 Å². The summed E-state index contributed by atoms with van der Waals surface area (Å²) in [6.07, 6.45) is 1.54. The molecule has 0 aliphatic rings. The molecular weight excluding hydrogens is 726 g/mol. The third-order valence-electron chi connectivity index (χ3n) is 6.10. The summed E-state index contributed by atoms with van der Waals surface area (Å²) in [4.78, 5) is 18.4. The van der Waals surface area contributed by atoms with Crippen LogP contribution in [0.1, 0.15) is 11.1 Å². The fourth-order valence-electron chi connectivity index (χ4n) is 4.20. The Morgan fingerprint density at radius 3 is 2.55 bits per heavy atom. The van der Waals surface area contributed by atoms with Crippen LogP contribution in [-0.2, 0) is 6.61 Å². The molecule has 2 aromatic heterocycles. The highest BCUT2D eigenvalue weighted by molar-refractivity contribution is 9.11. The number of halogens is 4. The van der Waals surface area contributed by atoms with Crippen molar-refractivity contribution in [1.82, 2.24) is 9.66 Å². The Morgan fingerprint density at radius 2 is 1.73 bits per heavy atom. The standard InChI is InChI=1S/C30H17Br3ClN3O3/c31-20-7-5-17(6-8-20)16-39-28-19(12-22(34)14-24(28)33)15-35-37-29(36-25-4-2-1-3-23(25)30(37)38)27-13-18-11-21(32)9-10-26(18)40-27/h1-15H,16H2. The van der Waals surface area contributed by atoms with Crippen LogP contribution >= 0.6 is 59.4 Å². The predicted molar refractivity (Wildman–Crippen MR) is 170 cm³/mol. The highest BCUT2D eigenvalue weighted by Gasteiger charge is 2.17. The lowest BCUT2D eigenvalue weighted by atomic mass is 10.2. The number of para-hydroxylation sites is 1. The summed E-state index contributed by atoms with van der Waals surface area (Å²) >= 11 is 16.9. The lowest BCUT2D eigenvalue weighted by Crippen LogP contribution is -2.20. The van der Waals surface area contributed by atoms with Crippen molar-refractivity contribution in [3.63, 3.8) is 0 Å². The number of fused-ring (bicyclic) bond motifs is 2. The minimum Gasteiger partial charge on any atom is -0.487 e. The summed E-state index contributed by atoms with van der Waals surface area (Å²) in [7, 11) is 0. The third kappa shape index (κ3) is 5.51. The van der Waals surface area contributed by atoms with E-state index in [0.29, 0.717) is 49.7 Å². The first kappa shape index (κ1) is 27.0. The second-order valence-corrected chi connectivity index (χ2v) is 12.0. The van der Waals surface area contributed by atoms with Crippen molar-refractivity contribution in [1.29, 1.82) is 0 Å². The van der Waals surface area contributed by atoms with E-state index >= 15 is 0 Å².